The van der Waals surface area contributed by atoms with Crippen molar-refractivity contribution in [3.05, 3.63) is 38.9 Å². The number of hydrogen-bond acceptors (Lipinski definition) is 7. The molecule has 0 aliphatic rings. The summed E-state index contributed by atoms with van der Waals surface area (Å²) in [7, 11) is 1.75. The maximum absolute atomic E-state index is 10.9. The third-order valence-corrected chi connectivity index (χ3v) is 3.26. The molecule has 0 atom stereocenters. The number of nitrogens with zero attached hydrogens (tertiary/aromatic N) is 3. The number of nitrogens with one attached hydrogen (secondary N) is 1. The van der Waals surface area contributed by atoms with E-state index in [1.807, 2.05) is 0 Å². The van der Waals surface area contributed by atoms with E-state index in [1.54, 1.807) is 26.1 Å². The van der Waals surface area contributed by atoms with E-state index in [-0.39, 0.29) is 18.0 Å². The van der Waals surface area contributed by atoms with Crippen LogP contribution in [0.2, 0.25) is 0 Å². The molecule has 0 saturated carbocycles. The molecule has 8 heteroatoms. The molecule has 2 rings (SSSR count). The van der Waals surface area contributed by atoms with Crippen LogP contribution in [0.15, 0.2) is 18.2 Å². The van der Waals surface area contributed by atoms with Crippen molar-refractivity contribution in [2.75, 3.05) is 12.4 Å². The summed E-state index contributed by atoms with van der Waals surface area (Å²) in [6, 6.07) is 4.84. The summed E-state index contributed by atoms with van der Waals surface area (Å²) in [6.07, 6.45) is 0. The molecule has 0 aliphatic heterocycles. The predicted octanol–water partition coefficient (Wildman–Crippen LogP) is 2.38. The summed E-state index contributed by atoms with van der Waals surface area (Å²) in [5.74, 6) is 0.233. The van der Waals surface area contributed by atoms with Gasteiger partial charge in [0.1, 0.15) is 6.61 Å². The quantitative estimate of drug-likeness (QED) is 0.668. The second kappa shape index (κ2) is 5.61. The van der Waals surface area contributed by atoms with Gasteiger partial charge in [0.15, 0.2) is 10.8 Å². The third kappa shape index (κ3) is 3.16. The lowest BCUT2D eigenvalue weighted by Crippen LogP contribution is -1.99. The maximum atomic E-state index is 10.9. The third-order valence-electron chi connectivity index (χ3n) is 2.34. The largest absolute Gasteiger partial charge is 0.479 e. The monoisotopic (exact) mass is 280 g/mol. The Kier molecular flexibility index (Phi) is 3.91. The fraction of sp³-hybridized carbons (Fsp3) is 0.273. The average molecular weight is 280 g/mol. The van der Waals surface area contributed by atoms with Crippen LogP contribution in [-0.2, 0) is 6.61 Å². The van der Waals surface area contributed by atoms with Crippen LogP contribution in [-0.4, -0.2) is 22.2 Å². The lowest BCUT2D eigenvalue weighted by molar-refractivity contribution is -0.386. The molecular formula is C11H12N4O3S. The van der Waals surface area contributed by atoms with Crippen LogP contribution >= 0.6 is 11.3 Å². The Hall–Kier alpha value is -2.22. The van der Waals surface area contributed by atoms with E-state index in [0.29, 0.717) is 10.1 Å². The molecular weight excluding hydrogens is 268 g/mol. The fourth-order valence-electron chi connectivity index (χ4n) is 1.44. The Balaban J connectivity index is 2.12. The molecule has 1 aromatic carbocycles. The number of benzene rings is 1. The highest BCUT2D eigenvalue weighted by molar-refractivity contribution is 7.15. The van der Waals surface area contributed by atoms with Gasteiger partial charge in [-0.3, -0.25) is 10.1 Å². The van der Waals surface area contributed by atoms with E-state index in [0.717, 1.165) is 5.56 Å². The number of ether oxygens (including phenoxy) is 1. The molecule has 0 radical (unpaired) electrons. The fourth-order valence-corrected chi connectivity index (χ4v) is 2.05. The molecule has 1 heterocycles. The van der Waals surface area contributed by atoms with Gasteiger partial charge < -0.3 is 10.1 Å². The number of nitro benzene ring substituents is 1. The molecule has 100 valence electrons. The Morgan fingerprint density at radius 3 is 2.89 bits per heavy atom. The number of anilines is 1. The number of nitro groups is 1. The van der Waals surface area contributed by atoms with Crippen molar-refractivity contribution in [3.63, 3.8) is 0 Å². The summed E-state index contributed by atoms with van der Waals surface area (Å²) < 4.78 is 5.44. The number of hydrogen-bond donors (Lipinski definition) is 1. The molecule has 2 aromatic rings. The summed E-state index contributed by atoms with van der Waals surface area (Å²) in [6.45, 7) is 1.95. The van der Waals surface area contributed by atoms with Crippen LogP contribution in [0.3, 0.4) is 0 Å². The highest BCUT2D eigenvalue weighted by Gasteiger charge is 2.15. The van der Waals surface area contributed by atoms with Crippen molar-refractivity contribution in [2.45, 2.75) is 13.5 Å². The van der Waals surface area contributed by atoms with E-state index >= 15 is 0 Å². The van der Waals surface area contributed by atoms with E-state index < -0.39 is 4.92 Å². The van der Waals surface area contributed by atoms with Gasteiger partial charge in [0.2, 0.25) is 5.13 Å². The molecule has 0 saturated heterocycles. The molecule has 1 N–H and O–H groups in total. The van der Waals surface area contributed by atoms with Crippen LogP contribution in [0.25, 0.3) is 0 Å². The Morgan fingerprint density at radius 2 is 2.26 bits per heavy atom. The van der Waals surface area contributed by atoms with Gasteiger partial charge in [-0.15, -0.1) is 10.2 Å². The smallest absolute Gasteiger partial charge is 0.311 e. The molecule has 7 nitrogen and oxygen atoms in total. The summed E-state index contributed by atoms with van der Waals surface area (Å²) in [5.41, 5.74) is 0.769. The standard InChI is InChI=1S/C11H12N4O3S/c1-7-3-4-9(8(5-7)15(16)17)18-6-10-13-14-11(12-2)19-10/h3-5H,6H2,1-2H3,(H,12,14). The van der Waals surface area contributed by atoms with Gasteiger partial charge in [0.25, 0.3) is 0 Å². The lowest BCUT2D eigenvalue weighted by atomic mass is 10.2. The normalized spacial score (nSPS) is 10.2. The van der Waals surface area contributed by atoms with Crippen LogP contribution in [0.5, 0.6) is 5.75 Å². The van der Waals surface area contributed by atoms with Crippen LogP contribution in [0.1, 0.15) is 10.6 Å². The van der Waals surface area contributed by atoms with Crippen molar-refractivity contribution >= 4 is 22.2 Å². The SMILES string of the molecule is CNc1nnc(COc2ccc(C)cc2[N+](=O)[O-])s1. The molecule has 0 spiro atoms. The predicted molar refractivity (Wildman–Crippen MR) is 71.6 cm³/mol. The van der Waals surface area contributed by atoms with E-state index in [2.05, 4.69) is 15.5 Å². The van der Waals surface area contributed by atoms with E-state index in [4.69, 9.17) is 4.74 Å². The second-order valence-corrected chi connectivity index (χ2v) is 4.83. The van der Waals surface area contributed by atoms with Crippen molar-refractivity contribution < 1.29 is 9.66 Å². The Labute approximate surface area is 113 Å². The minimum Gasteiger partial charge on any atom is -0.479 e. The first kappa shape index (κ1) is 13.2. The Morgan fingerprint density at radius 1 is 1.47 bits per heavy atom. The van der Waals surface area contributed by atoms with Gasteiger partial charge in [-0.2, -0.15) is 0 Å². The summed E-state index contributed by atoms with van der Waals surface area (Å²) >= 11 is 1.34. The van der Waals surface area contributed by atoms with Crippen molar-refractivity contribution in [3.8, 4) is 5.75 Å². The maximum Gasteiger partial charge on any atom is 0.311 e. The molecule has 0 unspecified atom stereocenters. The zero-order valence-electron chi connectivity index (χ0n) is 10.4. The van der Waals surface area contributed by atoms with Gasteiger partial charge >= 0.3 is 5.69 Å². The van der Waals surface area contributed by atoms with Gasteiger partial charge in [0.05, 0.1) is 4.92 Å². The van der Waals surface area contributed by atoms with Crippen molar-refractivity contribution in [1.29, 1.82) is 0 Å². The first-order valence-electron chi connectivity index (χ1n) is 5.48. The van der Waals surface area contributed by atoms with Gasteiger partial charge in [0, 0.05) is 13.1 Å². The number of aryl methyl sites for hydroxylation is 1. The van der Waals surface area contributed by atoms with Gasteiger partial charge in [-0.05, 0) is 18.6 Å². The minimum atomic E-state index is -0.457. The van der Waals surface area contributed by atoms with Gasteiger partial charge in [-0.1, -0.05) is 17.4 Å². The molecule has 0 amide bonds. The van der Waals surface area contributed by atoms with Crippen molar-refractivity contribution in [1.82, 2.24) is 10.2 Å². The molecule has 1 aromatic heterocycles. The van der Waals surface area contributed by atoms with Crippen LogP contribution in [0.4, 0.5) is 10.8 Å². The first-order chi connectivity index (χ1) is 9.10. The van der Waals surface area contributed by atoms with Crippen LogP contribution in [0, 0.1) is 17.0 Å². The minimum absolute atomic E-state index is 0.0432. The topological polar surface area (TPSA) is 90.2 Å². The molecule has 0 fully saturated rings. The van der Waals surface area contributed by atoms with Gasteiger partial charge in [-0.25, -0.2) is 0 Å². The van der Waals surface area contributed by atoms with E-state index in [9.17, 15) is 10.1 Å². The number of aromatic nitrogens is 2. The lowest BCUT2D eigenvalue weighted by Gasteiger charge is -2.05. The van der Waals surface area contributed by atoms with Crippen LogP contribution < -0.4 is 10.1 Å². The van der Waals surface area contributed by atoms with Crippen molar-refractivity contribution in [2.24, 2.45) is 0 Å². The zero-order valence-corrected chi connectivity index (χ0v) is 11.2. The molecule has 0 aliphatic carbocycles. The van der Waals surface area contributed by atoms with E-state index in [1.165, 1.54) is 17.4 Å². The first-order valence-corrected chi connectivity index (χ1v) is 6.30. The summed E-state index contributed by atoms with van der Waals surface area (Å²) in [4.78, 5) is 10.5. The highest BCUT2D eigenvalue weighted by atomic mass is 32.1. The zero-order chi connectivity index (χ0) is 13.8. The highest BCUT2D eigenvalue weighted by Crippen LogP contribution is 2.28. The average Bonchev–Trinajstić information content (AvgIpc) is 2.85. The summed E-state index contributed by atoms with van der Waals surface area (Å²) in [5, 5.41) is 22.9. The molecule has 0 bridgehead atoms. The molecule has 19 heavy (non-hydrogen) atoms. The Bertz CT molecular complexity index is 599. The number of rotatable bonds is 5. The second-order valence-electron chi connectivity index (χ2n) is 3.77.